The molecule has 0 aliphatic carbocycles. The number of H-pyrrole nitrogens is 1. The summed E-state index contributed by atoms with van der Waals surface area (Å²) in [7, 11) is -2.20. The summed E-state index contributed by atoms with van der Waals surface area (Å²) in [6.45, 7) is 3.54. The molecule has 10 heteroatoms. The van der Waals surface area contributed by atoms with Gasteiger partial charge in [-0.25, -0.2) is 18.1 Å². The van der Waals surface area contributed by atoms with Gasteiger partial charge in [-0.05, 0) is 74.5 Å². The third-order valence-corrected chi connectivity index (χ3v) is 6.48. The molecule has 0 aliphatic heterocycles. The number of sulfonamides is 1. The number of pyridine rings is 1. The second-order valence-corrected chi connectivity index (χ2v) is 9.14. The summed E-state index contributed by atoms with van der Waals surface area (Å²) in [4.78, 5) is 21.6. The Hall–Kier alpha value is -4.18. The molecule has 2 aromatic carbocycles. The van der Waals surface area contributed by atoms with Crippen molar-refractivity contribution in [3.63, 3.8) is 0 Å². The second kappa shape index (κ2) is 9.36. The summed E-state index contributed by atoms with van der Waals surface area (Å²) in [6, 6.07) is 18.2. The Labute approximate surface area is 196 Å². The molecule has 2 aromatic heterocycles. The molecule has 2 heterocycles. The van der Waals surface area contributed by atoms with E-state index in [0.717, 1.165) is 0 Å². The van der Waals surface area contributed by atoms with Crippen molar-refractivity contribution in [2.45, 2.75) is 18.7 Å². The average molecular weight is 478 g/mol. The lowest BCUT2D eigenvalue weighted by Crippen LogP contribution is -2.19. The maximum Gasteiger partial charge on any atom is 0.280 e. The van der Waals surface area contributed by atoms with Crippen LogP contribution >= 0.6 is 0 Å². The number of aromatic amines is 1. The van der Waals surface area contributed by atoms with E-state index in [1.165, 1.54) is 23.0 Å². The molecule has 174 valence electrons. The Morgan fingerprint density at radius 3 is 2.38 bits per heavy atom. The van der Waals surface area contributed by atoms with Crippen LogP contribution < -0.4 is 15.0 Å². The molecule has 0 amide bonds. The Morgan fingerprint density at radius 2 is 1.76 bits per heavy atom. The van der Waals surface area contributed by atoms with E-state index in [0.29, 0.717) is 34.1 Å². The highest BCUT2D eigenvalue weighted by Gasteiger charge is 2.17. The molecule has 2 N–H and O–H groups in total. The van der Waals surface area contributed by atoms with Gasteiger partial charge in [-0.1, -0.05) is 6.07 Å². The molecule has 0 saturated heterocycles. The van der Waals surface area contributed by atoms with Gasteiger partial charge >= 0.3 is 0 Å². The standard InChI is InChI=1S/C24H23N5O4S/c1-16(23-17(2)27-29(24(23)30)19-9-11-20(33-3)12-10-19)26-18-7-13-21(14-8-18)34(31,32)28-22-6-4-5-15-25-22/h4-15,27H,1-3H3,(H,25,28). The van der Waals surface area contributed by atoms with Crippen molar-refractivity contribution in [3.05, 3.63) is 94.5 Å². The van der Waals surface area contributed by atoms with Crippen LogP contribution in [0.2, 0.25) is 0 Å². The van der Waals surface area contributed by atoms with Crippen LogP contribution in [0.4, 0.5) is 11.5 Å². The van der Waals surface area contributed by atoms with Gasteiger partial charge in [-0.3, -0.25) is 19.6 Å². The average Bonchev–Trinajstić information content (AvgIpc) is 3.13. The number of aryl methyl sites for hydroxylation is 1. The minimum absolute atomic E-state index is 0.0782. The number of hydrogen-bond donors (Lipinski definition) is 2. The van der Waals surface area contributed by atoms with Crippen molar-refractivity contribution in [2.75, 3.05) is 11.8 Å². The quantitative estimate of drug-likeness (QED) is 0.392. The van der Waals surface area contributed by atoms with Crippen molar-refractivity contribution in [2.24, 2.45) is 4.99 Å². The van der Waals surface area contributed by atoms with Crippen molar-refractivity contribution < 1.29 is 13.2 Å². The second-order valence-electron chi connectivity index (χ2n) is 7.46. The summed E-state index contributed by atoms with van der Waals surface area (Å²) >= 11 is 0. The molecule has 0 unspecified atom stereocenters. The first kappa shape index (κ1) is 23.0. The maximum atomic E-state index is 13.1. The summed E-state index contributed by atoms with van der Waals surface area (Å²) < 4.78 is 34.2. The first-order valence-corrected chi connectivity index (χ1v) is 11.8. The van der Waals surface area contributed by atoms with Gasteiger partial charge in [-0.2, -0.15) is 0 Å². The van der Waals surface area contributed by atoms with Gasteiger partial charge in [-0.15, -0.1) is 0 Å². The van der Waals surface area contributed by atoms with E-state index in [4.69, 9.17) is 4.74 Å². The number of ether oxygens (including phenoxy) is 1. The van der Waals surface area contributed by atoms with Gasteiger partial charge in [0.25, 0.3) is 15.6 Å². The number of anilines is 1. The molecule has 0 spiro atoms. The number of nitrogens with one attached hydrogen (secondary N) is 2. The Morgan fingerprint density at radius 1 is 1.06 bits per heavy atom. The first-order chi connectivity index (χ1) is 16.3. The normalized spacial score (nSPS) is 11.9. The largest absolute Gasteiger partial charge is 0.497 e. The molecular weight excluding hydrogens is 454 g/mol. The fraction of sp³-hybridized carbons (Fsp3) is 0.125. The number of nitrogens with zero attached hydrogens (tertiary/aromatic N) is 3. The highest BCUT2D eigenvalue weighted by atomic mass is 32.2. The number of rotatable bonds is 7. The van der Waals surface area contributed by atoms with Crippen LogP contribution in [-0.4, -0.2) is 36.0 Å². The van der Waals surface area contributed by atoms with E-state index in [1.54, 1.807) is 75.6 Å². The molecule has 0 bridgehead atoms. The van der Waals surface area contributed by atoms with Gasteiger partial charge in [0.2, 0.25) is 0 Å². The summed E-state index contributed by atoms with van der Waals surface area (Å²) in [6.07, 6.45) is 1.50. The van der Waals surface area contributed by atoms with Crippen LogP contribution in [-0.2, 0) is 10.0 Å². The fourth-order valence-electron chi connectivity index (χ4n) is 3.45. The zero-order valence-corrected chi connectivity index (χ0v) is 19.6. The minimum atomic E-state index is -3.78. The van der Waals surface area contributed by atoms with Gasteiger partial charge in [0.1, 0.15) is 11.6 Å². The van der Waals surface area contributed by atoms with Crippen LogP contribution in [0.1, 0.15) is 18.2 Å². The molecule has 0 aliphatic rings. The minimum Gasteiger partial charge on any atom is -0.497 e. The SMILES string of the molecule is COc1ccc(-n2[nH]c(C)c(C(C)=Nc3ccc(S(=O)(=O)Nc4ccccn4)cc3)c2=O)cc1. The maximum absolute atomic E-state index is 13.1. The number of benzene rings is 2. The fourth-order valence-corrected chi connectivity index (χ4v) is 4.46. The molecule has 0 fully saturated rings. The van der Waals surface area contributed by atoms with E-state index in [9.17, 15) is 13.2 Å². The number of aromatic nitrogens is 3. The molecule has 0 atom stereocenters. The van der Waals surface area contributed by atoms with Crippen LogP contribution in [0.25, 0.3) is 5.69 Å². The lowest BCUT2D eigenvalue weighted by Gasteiger charge is -2.07. The van der Waals surface area contributed by atoms with E-state index >= 15 is 0 Å². The predicted molar refractivity (Wildman–Crippen MR) is 131 cm³/mol. The lowest BCUT2D eigenvalue weighted by atomic mass is 10.1. The highest BCUT2D eigenvalue weighted by molar-refractivity contribution is 7.92. The lowest BCUT2D eigenvalue weighted by molar-refractivity contribution is 0.414. The predicted octanol–water partition coefficient (Wildman–Crippen LogP) is 3.82. The third-order valence-electron chi connectivity index (χ3n) is 5.11. The summed E-state index contributed by atoms with van der Waals surface area (Å²) in [5.74, 6) is 0.926. The van der Waals surface area contributed by atoms with E-state index in [1.807, 2.05) is 0 Å². The summed E-state index contributed by atoms with van der Waals surface area (Å²) in [5.41, 5.74) is 2.58. The van der Waals surface area contributed by atoms with Gasteiger partial charge < -0.3 is 4.74 Å². The molecular formula is C24H23N5O4S. The number of aliphatic imine (C=N–C) groups is 1. The molecule has 34 heavy (non-hydrogen) atoms. The van der Waals surface area contributed by atoms with Crippen LogP contribution in [0, 0.1) is 6.92 Å². The zero-order chi connectivity index (χ0) is 24.3. The molecule has 0 radical (unpaired) electrons. The van der Waals surface area contributed by atoms with Crippen molar-refractivity contribution in [1.29, 1.82) is 0 Å². The van der Waals surface area contributed by atoms with Gasteiger partial charge in [0.05, 0.1) is 34.7 Å². The monoisotopic (exact) mass is 477 g/mol. The topological polar surface area (TPSA) is 118 Å². The van der Waals surface area contributed by atoms with E-state index in [2.05, 4.69) is 19.8 Å². The van der Waals surface area contributed by atoms with E-state index in [-0.39, 0.29) is 16.3 Å². The highest BCUT2D eigenvalue weighted by Crippen LogP contribution is 2.20. The van der Waals surface area contributed by atoms with Crippen molar-refractivity contribution >= 4 is 27.2 Å². The molecule has 4 aromatic rings. The number of hydrogen-bond acceptors (Lipinski definition) is 6. The number of methoxy groups -OCH3 is 1. The van der Waals surface area contributed by atoms with Crippen molar-refractivity contribution in [1.82, 2.24) is 14.8 Å². The van der Waals surface area contributed by atoms with Gasteiger partial charge in [0, 0.05) is 11.9 Å². The Kier molecular flexibility index (Phi) is 6.33. The first-order valence-electron chi connectivity index (χ1n) is 10.3. The smallest absolute Gasteiger partial charge is 0.280 e. The third kappa shape index (κ3) is 4.76. The van der Waals surface area contributed by atoms with E-state index < -0.39 is 10.0 Å². The van der Waals surface area contributed by atoms with Crippen LogP contribution in [0.15, 0.2) is 87.6 Å². The Bertz CT molecular complexity index is 1490. The van der Waals surface area contributed by atoms with Crippen molar-refractivity contribution in [3.8, 4) is 11.4 Å². The van der Waals surface area contributed by atoms with Gasteiger partial charge in [0.15, 0.2) is 0 Å². The Balaban J connectivity index is 1.59. The molecule has 0 saturated carbocycles. The summed E-state index contributed by atoms with van der Waals surface area (Å²) in [5, 5.41) is 3.07. The van der Waals surface area contributed by atoms with Crippen LogP contribution in [0.3, 0.4) is 0 Å². The molecule has 9 nitrogen and oxygen atoms in total. The van der Waals surface area contributed by atoms with Crippen LogP contribution in [0.5, 0.6) is 5.75 Å². The molecule has 4 rings (SSSR count). The zero-order valence-electron chi connectivity index (χ0n) is 18.8.